The predicted molar refractivity (Wildman–Crippen MR) is 272 cm³/mol. The second kappa shape index (κ2) is 13.3. The van der Waals surface area contributed by atoms with E-state index in [0.717, 1.165) is 154 Å². The van der Waals surface area contributed by atoms with Gasteiger partial charge in [0.2, 0.25) is 0 Å². The molecule has 0 aliphatic rings. The molecule has 0 atom stereocenters. The first-order valence-electron chi connectivity index (χ1n) is 22.4. The third kappa shape index (κ3) is 4.82. The number of rotatable bonds is 4. The van der Waals surface area contributed by atoms with Crippen molar-refractivity contribution in [1.29, 1.82) is 0 Å². The minimum atomic E-state index is 0.841. The van der Waals surface area contributed by atoms with Gasteiger partial charge in [0.25, 0.3) is 0 Å². The Hall–Kier alpha value is -8.86. The largest absolute Gasteiger partial charge is 0.455 e. The van der Waals surface area contributed by atoms with Crippen molar-refractivity contribution in [1.82, 2.24) is 0 Å². The highest BCUT2D eigenvalue weighted by atomic mass is 16.3. The summed E-state index contributed by atoms with van der Waals surface area (Å²) in [6.07, 6.45) is 0. The fourth-order valence-electron chi connectivity index (χ4n) is 11.1. The second-order valence-electron chi connectivity index (χ2n) is 17.3. The summed E-state index contributed by atoms with van der Waals surface area (Å²) in [5.74, 6) is 0. The van der Waals surface area contributed by atoms with Crippen molar-refractivity contribution in [3.8, 4) is 44.5 Å². The summed E-state index contributed by atoms with van der Waals surface area (Å²) in [4.78, 5) is 0. The van der Waals surface area contributed by atoms with Crippen LogP contribution in [0.1, 0.15) is 0 Å². The number of furan rings is 4. The molecule has 0 aliphatic heterocycles. The molecule has 0 amide bonds. The van der Waals surface area contributed by atoms with E-state index < -0.39 is 0 Å². The van der Waals surface area contributed by atoms with E-state index in [9.17, 15) is 0 Å². The van der Waals surface area contributed by atoms with Gasteiger partial charge in [0.1, 0.15) is 44.7 Å². The zero-order valence-electron chi connectivity index (χ0n) is 35.3. The molecule has 4 heteroatoms. The van der Waals surface area contributed by atoms with Crippen LogP contribution in [0.25, 0.3) is 154 Å². The Bertz CT molecular complexity index is 4190. The molecule has 0 saturated heterocycles. The van der Waals surface area contributed by atoms with E-state index in [4.69, 9.17) is 17.7 Å². The van der Waals surface area contributed by atoms with Crippen molar-refractivity contribution < 1.29 is 17.7 Å². The lowest BCUT2D eigenvalue weighted by molar-refractivity contribution is 0.668. The third-order valence-electron chi connectivity index (χ3n) is 13.9. The third-order valence-corrected chi connectivity index (χ3v) is 13.9. The predicted octanol–water partition coefficient (Wildman–Crippen LogP) is 18.3. The van der Waals surface area contributed by atoms with Gasteiger partial charge in [-0.1, -0.05) is 170 Å². The Balaban J connectivity index is 1.02. The Kier molecular flexibility index (Phi) is 7.19. The van der Waals surface area contributed by atoms with Gasteiger partial charge >= 0.3 is 0 Å². The first-order chi connectivity index (χ1) is 32.8. The summed E-state index contributed by atoms with van der Waals surface area (Å²) in [6.45, 7) is 0. The van der Waals surface area contributed by atoms with Crippen LogP contribution in [-0.4, -0.2) is 0 Å². The highest BCUT2D eigenvalue weighted by Gasteiger charge is 2.26. The molecule has 11 aromatic carbocycles. The van der Waals surface area contributed by atoms with E-state index in [2.05, 4.69) is 170 Å². The normalized spacial score (nSPS) is 12.2. The Morgan fingerprint density at radius 2 is 0.470 bits per heavy atom. The SMILES string of the molecule is c1ccc2c(c1)oc1c(-c3ccc(-c4c5ccccc5c(-c5ccc(-c6cccc7c6oc6ccccc67)c6c5oc5ccccc56)c5ccccc45)c4oc5ccccc5c34)cccc12. The van der Waals surface area contributed by atoms with Gasteiger partial charge < -0.3 is 17.7 Å². The van der Waals surface area contributed by atoms with Crippen molar-refractivity contribution in [2.24, 2.45) is 0 Å². The van der Waals surface area contributed by atoms with Crippen molar-refractivity contribution in [3.05, 3.63) is 206 Å². The van der Waals surface area contributed by atoms with Gasteiger partial charge in [0, 0.05) is 76.5 Å². The van der Waals surface area contributed by atoms with E-state index in [1.165, 1.54) is 0 Å². The maximum atomic E-state index is 7.03. The van der Waals surface area contributed by atoms with Crippen molar-refractivity contribution in [2.45, 2.75) is 0 Å². The first-order valence-corrected chi connectivity index (χ1v) is 22.4. The Morgan fingerprint density at radius 3 is 0.864 bits per heavy atom. The molecule has 0 N–H and O–H groups in total. The molecule has 15 aromatic rings. The molecular weight excluding hydrogens is 809 g/mol. The molecule has 0 radical (unpaired) electrons. The number of hydrogen-bond acceptors (Lipinski definition) is 4. The molecule has 4 heterocycles. The first kappa shape index (κ1) is 35.6. The fourth-order valence-corrected chi connectivity index (χ4v) is 11.1. The summed E-state index contributed by atoms with van der Waals surface area (Å²) < 4.78 is 27.3. The lowest BCUT2D eigenvalue weighted by Crippen LogP contribution is -1.92. The quantitative estimate of drug-likeness (QED) is 0.166. The number of benzene rings is 11. The average Bonchev–Trinajstić information content (AvgIpc) is 4.16. The minimum absolute atomic E-state index is 0.841. The molecule has 4 aromatic heterocycles. The molecule has 0 spiro atoms. The van der Waals surface area contributed by atoms with Crippen molar-refractivity contribution in [3.63, 3.8) is 0 Å². The number of hydrogen-bond donors (Lipinski definition) is 0. The fraction of sp³-hybridized carbons (Fsp3) is 0. The summed E-state index contributed by atoms with van der Waals surface area (Å²) >= 11 is 0. The molecule has 0 aliphatic carbocycles. The molecule has 66 heavy (non-hydrogen) atoms. The van der Waals surface area contributed by atoms with Crippen LogP contribution in [-0.2, 0) is 0 Å². The Labute approximate surface area is 376 Å². The number of fused-ring (bicyclic) bond motifs is 14. The van der Waals surface area contributed by atoms with Gasteiger partial charge in [-0.25, -0.2) is 0 Å². The van der Waals surface area contributed by atoms with Gasteiger partial charge in [0.15, 0.2) is 0 Å². The zero-order valence-corrected chi connectivity index (χ0v) is 35.3. The van der Waals surface area contributed by atoms with Crippen LogP contribution in [0.2, 0.25) is 0 Å². The van der Waals surface area contributed by atoms with Gasteiger partial charge in [-0.2, -0.15) is 0 Å². The van der Waals surface area contributed by atoms with Gasteiger partial charge in [-0.05, 0) is 69.1 Å². The van der Waals surface area contributed by atoms with Gasteiger partial charge in [-0.3, -0.25) is 0 Å². The van der Waals surface area contributed by atoms with E-state index >= 15 is 0 Å². The highest BCUT2D eigenvalue weighted by molar-refractivity contribution is 6.29. The van der Waals surface area contributed by atoms with Crippen LogP contribution < -0.4 is 0 Å². The zero-order chi connectivity index (χ0) is 43.0. The molecule has 306 valence electrons. The molecule has 4 nitrogen and oxygen atoms in total. The van der Waals surface area contributed by atoms with Crippen LogP contribution in [0.5, 0.6) is 0 Å². The standard InChI is InChI=1S/C62H34O4/c1-2-18-38-37(17-1)55(49-33-31-41(57-47-21-7-11-29-53(47)65-61(49)57)45-25-13-23-43-35-15-5-9-27-51(35)63-59(43)45)39-19-3-4-20-40(39)56(38)50-34-32-42(58-48-22-8-12-30-54(48)66-62(50)58)46-26-14-24-44-36-16-6-10-28-52(36)64-60(44)46/h1-34H. The summed E-state index contributed by atoms with van der Waals surface area (Å²) in [5.41, 5.74) is 15.4. The minimum Gasteiger partial charge on any atom is -0.455 e. The van der Waals surface area contributed by atoms with E-state index in [0.29, 0.717) is 0 Å². The lowest BCUT2D eigenvalue weighted by atomic mass is 9.84. The van der Waals surface area contributed by atoms with Crippen LogP contribution in [0, 0.1) is 0 Å². The maximum Gasteiger partial charge on any atom is 0.143 e. The van der Waals surface area contributed by atoms with Gasteiger partial charge in [0.05, 0.1) is 0 Å². The molecule has 0 unspecified atom stereocenters. The molecular formula is C62H34O4. The van der Waals surface area contributed by atoms with Crippen LogP contribution in [0.15, 0.2) is 224 Å². The lowest BCUT2D eigenvalue weighted by Gasteiger charge is -2.19. The Morgan fingerprint density at radius 1 is 0.182 bits per heavy atom. The van der Waals surface area contributed by atoms with Crippen molar-refractivity contribution in [2.75, 3.05) is 0 Å². The molecule has 0 fully saturated rings. The van der Waals surface area contributed by atoms with E-state index in [1.54, 1.807) is 0 Å². The molecule has 0 bridgehead atoms. The van der Waals surface area contributed by atoms with Crippen LogP contribution in [0.4, 0.5) is 0 Å². The topological polar surface area (TPSA) is 52.6 Å². The molecule has 0 saturated carbocycles. The van der Waals surface area contributed by atoms with Crippen LogP contribution >= 0.6 is 0 Å². The smallest absolute Gasteiger partial charge is 0.143 e. The maximum absolute atomic E-state index is 7.03. The van der Waals surface area contributed by atoms with Crippen LogP contribution in [0.3, 0.4) is 0 Å². The second-order valence-corrected chi connectivity index (χ2v) is 17.3. The van der Waals surface area contributed by atoms with Gasteiger partial charge in [-0.15, -0.1) is 0 Å². The van der Waals surface area contributed by atoms with Crippen molar-refractivity contribution >= 4 is 109 Å². The summed E-state index contributed by atoms with van der Waals surface area (Å²) in [7, 11) is 0. The highest BCUT2D eigenvalue weighted by Crippen LogP contribution is 2.52. The number of para-hydroxylation sites is 6. The monoisotopic (exact) mass is 842 g/mol. The van der Waals surface area contributed by atoms with E-state index in [-0.39, 0.29) is 0 Å². The summed E-state index contributed by atoms with van der Waals surface area (Å²) in [6, 6.07) is 72.8. The molecule has 15 rings (SSSR count). The van der Waals surface area contributed by atoms with E-state index in [1.807, 2.05) is 36.4 Å². The summed E-state index contributed by atoms with van der Waals surface area (Å²) in [5, 5.41) is 13.2. The average molecular weight is 843 g/mol.